The molecule has 4 heteroatoms. The van der Waals surface area contributed by atoms with Crippen LogP contribution in [0.5, 0.6) is 0 Å². The number of anilines is 1. The van der Waals surface area contributed by atoms with Gasteiger partial charge in [0.2, 0.25) is 0 Å². The zero-order valence-corrected chi connectivity index (χ0v) is 12.9. The van der Waals surface area contributed by atoms with Crippen LogP contribution in [0.25, 0.3) is 0 Å². The maximum Gasteiger partial charge on any atom is 0.0367 e. The maximum atomic E-state index is 3.50. The van der Waals surface area contributed by atoms with Crippen LogP contribution in [0.1, 0.15) is 12.8 Å². The van der Waals surface area contributed by atoms with Crippen molar-refractivity contribution in [2.75, 3.05) is 44.2 Å². The Hall–Kier alpha value is -0.580. The summed E-state index contributed by atoms with van der Waals surface area (Å²) in [6.45, 7) is 7.12. The van der Waals surface area contributed by atoms with E-state index in [4.69, 9.17) is 0 Å². The molecule has 0 atom stereocenters. The summed E-state index contributed by atoms with van der Waals surface area (Å²) in [7, 11) is 0. The quantitative estimate of drug-likeness (QED) is 0.901. The van der Waals surface area contributed by atoms with E-state index in [-0.39, 0.29) is 0 Å². The number of benzene rings is 1. The van der Waals surface area contributed by atoms with Crippen molar-refractivity contribution < 1.29 is 0 Å². The minimum atomic E-state index is 0.813. The Balaban J connectivity index is 1.55. The Kier molecular flexibility index (Phi) is 4.41. The molecule has 2 aliphatic rings. The van der Waals surface area contributed by atoms with Gasteiger partial charge in [0.1, 0.15) is 0 Å². The average Bonchev–Trinajstić information content (AvgIpc) is 2.49. The van der Waals surface area contributed by atoms with Crippen LogP contribution in [-0.4, -0.2) is 50.2 Å². The highest BCUT2D eigenvalue weighted by Crippen LogP contribution is 2.21. The minimum Gasteiger partial charge on any atom is -0.369 e. The van der Waals surface area contributed by atoms with Gasteiger partial charge in [0.05, 0.1) is 0 Å². The molecule has 0 radical (unpaired) electrons. The van der Waals surface area contributed by atoms with E-state index in [0.717, 1.165) is 23.6 Å². The zero-order chi connectivity index (χ0) is 13.1. The fourth-order valence-electron chi connectivity index (χ4n) is 3.17. The second-order valence-electron chi connectivity index (χ2n) is 5.48. The lowest BCUT2D eigenvalue weighted by molar-refractivity contribution is 0.153. The predicted octanol–water partition coefficient (Wildman–Crippen LogP) is 2.32. The van der Waals surface area contributed by atoms with Gasteiger partial charge in [-0.15, -0.1) is 0 Å². The van der Waals surface area contributed by atoms with Gasteiger partial charge in [-0.1, -0.05) is 15.9 Å². The summed E-state index contributed by atoms with van der Waals surface area (Å²) < 4.78 is 1.16. The van der Waals surface area contributed by atoms with Gasteiger partial charge < -0.3 is 10.2 Å². The molecule has 2 aliphatic heterocycles. The number of rotatable bonds is 2. The molecule has 3 rings (SSSR count). The molecule has 0 saturated carbocycles. The Morgan fingerprint density at radius 3 is 2.21 bits per heavy atom. The largest absolute Gasteiger partial charge is 0.369 e. The van der Waals surface area contributed by atoms with Crippen molar-refractivity contribution in [1.29, 1.82) is 0 Å². The Morgan fingerprint density at radius 2 is 1.58 bits per heavy atom. The van der Waals surface area contributed by atoms with Gasteiger partial charge in [0.25, 0.3) is 0 Å². The first-order valence-electron chi connectivity index (χ1n) is 7.28. The molecule has 0 aromatic heterocycles. The first-order chi connectivity index (χ1) is 9.33. The molecule has 1 N–H and O–H groups in total. The van der Waals surface area contributed by atoms with Crippen molar-refractivity contribution in [3.8, 4) is 0 Å². The molecule has 104 valence electrons. The standard InChI is InChI=1S/C15H22BrN3/c16-13-1-3-14(4-2-13)18-9-11-19(12-10-18)15-5-7-17-8-6-15/h1-4,15,17H,5-12H2. The number of halogens is 1. The van der Waals surface area contributed by atoms with E-state index in [9.17, 15) is 0 Å². The Labute approximate surface area is 124 Å². The molecule has 19 heavy (non-hydrogen) atoms. The fourth-order valence-corrected chi connectivity index (χ4v) is 3.43. The minimum absolute atomic E-state index is 0.813. The van der Waals surface area contributed by atoms with E-state index in [2.05, 4.69) is 55.3 Å². The lowest BCUT2D eigenvalue weighted by Crippen LogP contribution is -2.52. The maximum absolute atomic E-state index is 3.50. The molecule has 1 aromatic carbocycles. The topological polar surface area (TPSA) is 18.5 Å². The highest BCUT2D eigenvalue weighted by Gasteiger charge is 2.24. The molecule has 0 unspecified atom stereocenters. The molecule has 0 spiro atoms. The second-order valence-corrected chi connectivity index (χ2v) is 6.40. The molecule has 0 aliphatic carbocycles. The SMILES string of the molecule is Brc1ccc(N2CCN(C3CCNCC3)CC2)cc1. The molecule has 3 nitrogen and oxygen atoms in total. The molecule has 2 heterocycles. The Morgan fingerprint density at radius 1 is 0.947 bits per heavy atom. The predicted molar refractivity (Wildman–Crippen MR) is 83.8 cm³/mol. The Bertz CT molecular complexity index is 392. The fraction of sp³-hybridized carbons (Fsp3) is 0.600. The van der Waals surface area contributed by atoms with Crippen LogP contribution < -0.4 is 10.2 Å². The van der Waals surface area contributed by atoms with E-state index in [1.54, 1.807) is 0 Å². The van der Waals surface area contributed by atoms with E-state index < -0.39 is 0 Å². The summed E-state index contributed by atoms with van der Waals surface area (Å²) in [6, 6.07) is 9.51. The number of piperidine rings is 1. The van der Waals surface area contributed by atoms with Crippen LogP contribution in [0.4, 0.5) is 5.69 Å². The van der Waals surface area contributed by atoms with Gasteiger partial charge in [0, 0.05) is 42.4 Å². The zero-order valence-electron chi connectivity index (χ0n) is 11.3. The van der Waals surface area contributed by atoms with Crippen LogP contribution in [0, 0.1) is 0 Å². The van der Waals surface area contributed by atoms with Gasteiger partial charge in [-0.05, 0) is 50.2 Å². The highest BCUT2D eigenvalue weighted by molar-refractivity contribution is 9.10. The van der Waals surface area contributed by atoms with Gasteiger partial charge in [-0.3, -0.25) is 4.90 Å². The number of piperazine rings is 1. The summed E-state index contributed by atoms with van der Waals surface area (Å²) in [5.74, 6) is 0. The smallest absolute Gasteiger partial charge is 0.0367 e. The monoisotopic (exact) mass is 323 g/mol. The van der Waals surface area contributed by atoms with Crippen molar-refractivity contribution in [3.63, 3.8) is 0 Å². The molecule has 0 amide bonds. The molecule has 2 saturated heterocycles. The third-order valence-electron chi connectivity index (χ3n) is 4.33. The lowest BCUT2D eigenvalue weighted by Gasteiger charge is -2.41. The van der Waals surface area contributed by atoms with E-state index >= 15 is 0 Å². The molecular formula is C15H22BrN3. The van der Waals surface area contributed by atoms with Crippen LogP contribution in [0.3, 0.4) is 0 Å². The summed E-state index contributed by atoms with van der Waals surface area (Å²) in [6.07, 6.45) is 2.64. The van der Waals surface area contributed by atoms with Crippen molar-refractivity contribution in [2.24, 2.45) is 0 Å². The van der Waals surface area contributed by atoms with Crippen LogP contribution >= 0.6 is 15.9 Å². The van der Waals surface area contributed by atoms with Crippen LogP contribution in [0.2, 0.25) is 0 Å². The number of hydrogen-bond acceptors (Lipinski definition) is 3. The average molecular weight is 324 g/mol. The second kappa shape index (κ2) is 6.25. The summed E-state index contributed by atoms with van der Waals surface area (Å²) in [4.78, 5) is 5.19. The van der Waals surface area contributed by atoms with Gasteiger partial charge in [-0.2, -0.15) is 0 Å². The molecule has 0 bridgehead atoms. The highest BCUT2D eigenvalue weighted by atomic mass is 79.9. The van der Waals surface area contributed by atoms with Crippen LogP contribution in [-0.2, 0) is 0 Å². The van der Waals surface area contributed by atoms with Gasteiger partial charge >= 0.3 is 0 Å². The number of nitrogens with one attached hydrogen (secondary N) is 1. The third kappa shape index (κ3) is 3.30. The third-order valence-corrected chi connectivity index (χ3v) is 4.86. The first-order valence-corrected chi connectivity index (χ1v) is 8.07. The van der Waals surface area contributed by atoms with E-state index in [0.29, 0.717) is 0 Å². The summed E-state index contributed by atoms with van der Waals surface area (Å²) in [5, 5.41) is 3.45. The first kappa shape index (κ1) is 13.4. The van der Waals surface area contributed by atoms with E-state index in [1.165, 1.54) is 44.7 Å². The van der Waals surface area contributed by atoms with E-state index in [1.807, 2.05) is 0 Å². The van der Waals surface area contributed by atoms with Crippen molar-refractivity contribution in [2.45, 2.75) is 18.9 Å². The summed E-state index contributed by atoms with van der Waals surface area (Å²) >= 11 is 3.50. The normalized spacial score (nSPS) is 22.7. The molecular weight excluding hydrogens is 302 g/mol. The van der Waals surface area contributed by atoms with Gasteiger partial charge in [0.15, 0.2) is 0 Å². The van der Waals surface area contributed by atoms with Crippen molar-refractivity contribution in [1.82, 2.24) is 10.2 Å². The van der Waals surface area contributed by atoms with Crippen molar-refractivity contribution >= 4 is 21.6 Å². The molecule has 1 aromatic rings. The van der Waals surface area contributed by atoms with Gasteiger partial charge in [-0.25, -0.2) is 0 Å². The lowest BCUT2D eigenvalue weighted by atomic mass is 10.0. The number of nitrogens with zero attached hydrogens (tertiary/aromatic N) is 2. The molecule has 2 fully saturated rings. The van der Waals surface area contributed by atoms with Crippen molar-refractivity contribution in [3.05, 3.63) is 28.7 Å². The van der Waals surface area contributed by atoms with Crippen LogP contribution in [0.15, 0.2) is 28.7 Å². The number of hydrogen-bond donors (Lipinski definition) is 1. The summed E-state index contributed by atoms with van der Waals surface area (Å²) in [5.41, 5.74) is 1.35.